The molecule has 0 N–H and O–H groups in total. The van der Waals surface area contributed by atoms with Crippen molar-refractivity contribution in [1.29, 1.82) is 0 Å². The molecule has 0 saturated heterocycles. The van der Waals surface area contributed by atoms with E-state index in [1.807, 2.05) is 0 Å². The predicted octanol–water partition coefficient (Wildman–Crippen LogP) is 4.33. The number of halogens is 3. The fourth-order valence-corrected chi connectivity index (χ4v) is 5.85. The van der Waals surface area contributed by atoms with Crippen LogP contribution in [0, 0.1) is 0 Å². The lowest BCUT2D eigenvalue weighted by Crippen LogP contribution is -2.33. The van der Waals surface area contributed by atoms with Gasteiger partial charge in [0.1, 0.15) is 10.6 Å². The van der Waals surface area contributed by atoms with Crippen molar-refractivity contribution in [3.8, 4) is 17.2 Å². The summed E-state index contributed by atoms with van der Waals surface area (Å²) < 4.78 is 113. The molecule has 0 aliphatic carbocycles. The molecule has 3 aromatic carbocycles. The lowest BCUT2D eigenvalue weighted by molar-refractivity contribution is -0.137. The van der Waals surface area contributed by atoms with Gasteiger partial charge >= 0.3 is 16.3 Å². The smallest absolute Gasteiger partial charge is 0.416 e. The topological polar surface area (TPSA) is 108 Å². The number of nitrogens with zero attached hydrogens (tertiary/aromatic N) is 1. The molecule has 0 amide bonds. The van der Waals surface area contributed by atoms with E-state index in [4.69, 9.17) is 18.4 Å². The van der Waals surface area contributed by atoms with Crippen molar-refractivity contribution < 1.29 is 48.4 Å². The van der Waals surface area contributed by atoms with Crippen molar-refractivity contribution in [3.05, 3.63) is 77.9 Å². The standard InChI is InChI=1S/C25H26F3NO8S2/c1-34-14-13-29(38(30,31)21-10-8-20(35-2)9-11-21)17-18-7-12-23(36-3)24(15-18)37-39(32,33)22-6-4-5-19(16-22)25(26,27)28/h4-12,15-16H,13-14,17H2,1-3H3. The van der Waals surface area contributed by atoms with Gasteiger partial charge in [-0.1, -0.05) is 12.1 Å². The second kappa shape index (κ2) is 12.2. The van der Waals surface area contributed by atoms with E-state index < -0.39 is 36.8 Å². The monoisotopic (exact) mass is 589 g/mol. The summed E-state index contributed by atoms with van der Waals surface area (Å²) in [5.41, 5.74) is -0.844. The molecule has 0 aromatic heterocycles. The van der Waals surface area contributed by atoms with Crippen molar-refractivity contribution in [1.82, 2.24) is 4.31 Å². The zero-order valence-electron chi connectivity index (χ0n) is 21.1. The quantitative estimate of drug-likeness (QED) is 0.288. The van der Waals surface area contributed by atoms with E-state index in [1.165, 1.54) is 63.8 Å². The van der Waals surface area contributed by atoms with Crippen LogP contribution in [0.25, 0.3) is 0 Å². The molecule has 14 heteroatoms. The molecule has 0 atom stereocenters. The molecule has 0 saturated carbocycles. The maximum atomic E-state index is 13.4. The van der Waals surface area contributed by atoms with Crippen LogP contribution in [-0.2, 0) is 37.6 Å². The number of sulfonamides is 1. The van der Waals surface area contributed by atoms with Crippen LogP contribution in [0.2, 0.25) is 0 Å². The van der Waals surface area contributed by atoms with Crippen molar-refractivity contribution >= 4 is 20.1 Å². The fraction of sp³-hybridized carbons (Fsp3) is 0.280. The lowest BCUT2D eigenvalue weighted by Gasteiger charge is -2.23. The summed E-state index contributed by atoms with van der Waals surface area (Å²) in [6.45, 7) is -0.171. The molecule has 0 fully saturated rings. The molecule has 212 valence electrons. The van der Waals surface area contributed by atoms with Gasteiger partial charge in [-0.25, -0.2) is 8.42 Å². The Balaban J connectivity index is 1.95. The highest BCUT2D eigenvalue weighted by Crippen LogP contribution is 2.34. The van der Waals surface area contributed by atoms with E-state index in [0.717, 1.165) is 22.5 Å². The third-order valence-corrected chi connectivity index (χ3v) is 8.57. The van der Waals surface area contributed by atoms with Crippen molar-refractivity contribution in [2.45, 2.75) is 22.5 Å². The number of methoxy groups -OCH3 is 3. The minimum absolute atomic E-state index is 0.00323. The largest absolute Gasteiger partial charge is 0.497 e. The molecule has 0 aliphatic heterocycles. The van der Waals surface area contributed by atoms with Gasteiger partial charge in [-0.3, -0.25) is 0 Å². The van der Waals surface area contributed by atoms with Gasteiger partial charge in [0.05, 0.1) is 31.3 Å². The molecule has 3 aromatic rings. The number of ether oxygens (including phenoxy) is 3. The average molecular weight is 590 g/mol. The Morgan fingerprint density at radius 3 is 2.08 bits per heavy atom. The van der Waals surface area contributed by atoms with Crippen molar-refractivity contribution in [2.75, 3.05) is 34.5 Å². The average Bonchev–Trinajstić information content (AvgIpc) is 2.90. The van der Waals surface area contributed by atoms with E-state index in [0.29, 0.717) is 17.4 Å². The Bertz CT molecular complexity index is 1490. The Kier molecular flexibility index (Phi) is 9.48. The Labute approximate surface area is 224 Å². The highest BCUT2D eigenvalue weighted by Gasteiger charge is 2.32. The van der Waals surface area contributed by atoms with Crippen LogP contribution in [-0.4, -0.2) is 55.6 Å². The first-order valence-corrected chi connectivity index (χ1v) is 14.1. The van der Waals surface area contributed by atoms with E-state index in [-0.39, 0.29) is 36.1 Å². The van der Waals surface area contributed by atoms with Gasteiger partial charge in [0.2, 0.25) is 10.0 Å². The Hall–Kier alpha value is -3.33. The van der Waals surface area contributed by atoms with Gasteiger partial charge in [0.25, 0.3) is 0 Å². The second-order valence-electron chi connectivity index (χ2n) is 8.06. The molecular weight excluding hydrogens is 563 g/mol. The number of alkyl halides is 3. The first-order chi connectivity index (χ1) is 18.3. The molecule has 3 rings (SSSR count). The van der Waals surface area contributed by atoms with E-state index in [2.05, 4.69) is 0 Å². The number of hydrogen-bond donors (Lipinski definition) is 0. The van der Waals surface area contributed by atoms with Crippen LogP contribution in [0.5, 0.6) is 17.2 Å². The molecule has 39 heavy (non-hydrogen) atoms. The van der Waals surface area contributed by atoms with Crippen LogP contribution in [0.1, 0.15) is 11.1 Å². The zero-order valence-corrected chi connectivity index (χ0v) is 22.8. The van der Waals surface area contributed by atoms with Gasteiger partial charge in [-0.05, 0) is 60.2 Å². The minimum Gasteiger partial charge on any atom is -0.497 e. The van der Waals surface area contributed by atoms with Gasteiger partial charge in [0, 0.05) is 20.2 Å². The summed E-state index contributed by atoms with van der Waals surface area (Å²) in [4.78, 5) is -0.718. The van der Waals surface area contributed by atoms with Crippen LogP contribution in [0.3, 0.4) is 0 Å². The van der Waals surface area contributed by atoms with Crippen LogP contribution < -0.4 is 13.7 Å². The molecule has 0 bridgehead atoms. The summed E-state index contributed by atoms with van der Waals surface area (Å²) >= 11 is 0. The Morgan fingerprint density at radius 1 is 0.795 bits per heavy atom. The number of hydrogen-bond acceptors (Lipinski definition) is 8. The molecular formula is C25H26F3NO8S2. The molecule has 0 spiro atoms. The molecule has 0 unspecified atom stereocenters. The summed E-state index contributed by atoms with van der Waals surface area (Å²) in [6.07, 6.45) is -4.76. The van der Waals surface area contributed by atoms with Gasteiger partial charge in [-0.2, -0.15) is 25.9 Å². The molecule has 0 heterocycles. The maximum absolute atomic E-state index is 13.4. The first kappa shape index (κ1) is 30.2. The summed E-state index contributed by atoms with van der Waals surface area (Å²) in [5.74, 6) is 0.105. The lowest BCUT2D eigenvalue weighted by atomic mass is 10.2. The maximum Gasteiger partial charge on any atom is 0.416 e. The highest BCUT2D eigenvalue weighted by molar-refractivity contribution is 7.89. The SMILES string of the molecule is COCCN(Cc1ccc(OC)c(OS(=O)(=O)c2cccc(C(F)(F)F)c2)c1)S(=O)(=O)c1ccc(OC)cc1. The van der Waals surface area contributed by atoms with Crippen molar-refractivity contribution in [2.24, 2.45) is 0 Å². The van der Waals surface area contributed by atoms with Gasteiger partial charge in [-0.15, -0.1) is 0 Å². The predicted molar refractivity (Wildman–Crippen MR) is 135 cm³/mol. The highest BCUT2D eigenvalue weighted by atomic mass is 32.2. The van der Waals surface area contributed by atoms with Gasteiger partial charge in [0.15, 0.2) is 11.5 Å². The van der Waals surface area contributed by atoms with E-state index in [9.17, 15) is 30.0 Å². The van der Waals surface area contributed by atoms with Crippen molar-refractivity contribution in [3.63, 3.8) is 0 Å². The second-order valence-corrected chi connectivity index (χ2v) is 11.5. The third-order valence-electron chi connectivity index (χ3n) is 5.48. The Morgan fingerprint density at radius 2 is 1.49 bits per heavy atom. The molecule has 0 aliphatic rings. The van der Waals surface area contributed by atoms with E-state index >= 15 is 0 Å². The van der Waals surface area contributed by atoms with Crippen LogP contribution >= 0.6 is 0 Å². The molecule has 0 radical (unpaired) electrons. The van der Waals surface area contributed by atoms with Gasteiger partial charge < -0.3 is 18.4 Å². The number of rotatable bonds is 12. The third kappa shape index (κ3) is 7.41. The normalized spacial score (nSPS) is 12.4. The summed E-state index contributed by atoms with van der Waals surface area (Å²) in [6, 6.07) is 13.0. The van der Waals surface area contributed by atoms with Crippen LogP contribution in [0.4, 0.5) is 13.2 Å². The van der Waals surface area contributed by atoms with Crippen LogP contribution in [0.15, 0.2) is 76.5 Å². The number of benzene rings is 3. The zero-order chi connectivity index (χ0) is 28.8. The minimum atomic E-state index is -4.76. The fourth-order valence-electron chi connectivity index (χ4n) is 3.46. The molecule has 9 nitrogen and oxygen atoms in total. The van der Waals surface area contributed by atoms with E-state index in [1.54, 1.807) is 0 Å². The summed E-state index contributed by atoms with van der Waals surface area (Å²) in [7, 11) is -4.62. The first-order valence-electron chi connectivity index (χ1n) is 11.2. The summed E-state index contributed by atoms with van der Waals surface area (Å²) in [5, 5.41) is 0.